The number of hydrogen-bond acceptors (Lipinski definition) is 6. The molecule has 1 aliphatic heterocycles. The van der Waals surface area contributed by atoms with Gasteiger partial charge in [-0.1, -0.05) is 121 Å². The van der Waals surface area contributed by atoms with Crippen molar-refractivity contribution in [3.63, 3.8) is 0 Å². The van der Waals surface area contributed by atoms with Crippen molar-refractivity contribution in [1.29, 1.82) is 0 Å². The highest BCUT2D eigenvalue weighted by atomic mass is 28.4. The van der Waals surface area contributed by atoms with Crippen LogP contribution in [0.5, 0.6) is 0 Å². The van der Waals surface area contributed by atoms with Crippen molar-refractivity contribution in [2.24, 2.45) is 11.3 Å². The van der Waals surface area contributed by atoms with Crippen LogP contribution >= 0.6 is 0 Å². The summed E-state index contributed by atoms with van der Waals surface area (Å²) in [5.41, 5.74) is -0.564. The van der Waals surface area contributed by atoms with Gasteiger partial charge in [-0.3, -0.25) is 4.79 Å². The van der Waals surface area contributed by atoms with Gasteiger partial charge in [-0.25, -0.2) is 0 Å². The molecular formula is C41H66O6Si2. The van der Waals surface area contributed by atoms with Crippen LogP contribution in [0.2, 0.25) is 23.2 Å². The zero-order valence-corrected chi connectivity index (χ0v) is 35.2. The van der Waals surface area contributed by atoms with Gasteiger partial charge in [0.1, 0.15) is 6.10 Å². The molecule has 0 spiro atoms. The smallest absolute Gasteiger partial charge is 0.311 e. The molecule has 0 N–H and O–H groups in total. The minimum Gasteiger partial charge on any atom is -0.465 e. The minimum atomic E-state index is -2.73. The second-order valence-corrected chi connectivity index (χ2v) is 26.9. The van der Waals surface area contributed by atoms with E-state index in [-0.39, 0.29) is 53.0 Å². The maximum absolute atomic E-state index is 12.5. The van der Waals surface area contributed by atoms with Crippen molar-refractivity contribution in [2.45, 2.75) is 150 Å². The molecule has 274 valence electrons. The Labute approximate surface area is 300 Å². The van der Waals surface area contributed by atoms with Crippen LogP contribution in [0.15, 0.2) is 72.8 Å². The van der Waals surface area contributed by atoms with Crippen molar-refractivity contribution < 1.29 is 27.9 Å². The maximum Gasteiger partial charge on any atom is 0.311 e. The second kappa shape index (κ2) is 15.7. The Morgan fingerprint density at radius 2 is 1.31 bits per heavy atom. The Kier molecular flexibility index (Phi) is 13.2. The van der Waals surface area contributed by atoms with E-state index >= 15 is 0 Å². The highest BCUT2D eigenvalue weighted by Gasteiger charge is 2.52. The van der Waals surface area contributed by atoms with Gasteiger partial charge in [0.15, 0.2) is 14.1 Å². The molecule has 5 atom stereocenters. The molecule has 1 fully saturated rings. The minimum absolute atomic E-state index is 0.00287. The monoisotopic (exact) mass is 710 g/mol. The molecule has 0 aliphatic carbocycles. The van der Waals surface area contributed by atoms with Gasteiger partial charge in [0.05, 0.1) is 24.2 Å². The van der Waals surface area contributed by atoms with Crippen molar-refractivity contribution in [3.05, 3.63) is 72.8 Å². The molecule has 6 nitrogen and oxygen atoms in total. The predicted molar refractivity (Wildman–Crippen MR) is 207 cm³/mol. The fraction of sp³-hybridized carbons (Fsp3) is 0.634. The molecule has 1 heterocycles. The number of esters is 1. The number of ether oxygens (including phenoxy) is 3. The topological polar surface area (TPSA) is 63.2 Å². The Balaban J connectivity index is 1.97. The zero-order valence-electron chi connectivity index (χ0n) is 33.2. The third kappa shape index (κ3) is 10.3. The van der Waals surface area contributed by atoms with Gasteiger partial charge in [-0.15, -0.1) is 0 Å². The summed E-state index contributed by atoms with van der Waals surface area (Å²) in [5.74, 6) is -0.939. The first-order chi connectivity index (χ1) is 22.4. The van der Waals surface area contributed by atoms with E-state index in [1.54, 1.807) is 0 Å². The second-order valence-electron chi connectivity index (χ2n) is 17.9. The van der Waals surface area contributed by atoms with Crippen molar-refractivity contribution in [3.8, 4) is 0 Å². The molecular weight excluding hydrogens is 645 g/mol. The number of carbonyl (C=O) groups is 1. The first kappa shape index (κ1) is 41.3. The largest absolute Gasteiger partial charge is 0.465 e. The Morgan fingerprint density at radius 3 is 1.76 bits per heavy atom. The molecule has 0 saturated carbocycles. The van der Waals surface area contributed by atoms with E-state index in [1.807, 2.05) is 34.6 Å². The number of hydrogen-bond donors (Lipinski definition) is 0. The Morgan fingerprint density at radius 1 is 0.796 bits per heavy atom. The summed E-state index contributed by atoms with van der Waals surface area (Å²) in [4.78, 5) is 12.5. The summed E-state index contributed by atoms with van der Waals surface area (Å²) in [6.45, 7) is 32.4. The summed E-state index contributed by atoms with van der Waals surface area (Å²) >= 11 is 0. The number of rotatable bonds is 13. The van der Waals surface area contributed by atoms with Crippen LogP contribution in [0.3, 0.4) is 0 Å². The SMILES string of the molecule is C[C@H](C=CC(O[Si](C)(C)C(C)(C)C)[C@H]1OC(C)(C)O[C@H]1CCOC(=O)C(C)(C)C)[C@@H](C)O[Si](c1ccccc1)(c1ccccc1)C(C)(C)C. The van der Waals surface area contributed by atoms with E-state index in [1.165, 1.54) is 10.4 Å². The van der Waals surface area contributed by atoms with Crippen LogP contribution in [0.1, 0.15) is 96.4 Å². The molecule has 0 amide bonds. The standard InChI is InChI=1S/C41H66O6Si2/c1-30(31(2)46-49(40(9,10)11,32-22-18-16-19-23-32)33-24-20-17-21-25-33)26-27-35(47-48(14,15)39(6,7)8)36-34(44-41(12,13)45-36)28-29-43-37(42)38(3,4)5/h16-27,30-31,34-36H,28-29H2,1-15H3/t30-,31-,34+,35?,36+/m1/s1. The van der Waals surface area contributed by atoms with Crippen LogP contribution in [-0.2, 0) is 27.9 Å². The molecule has 0 aromatic heterocycles. The summed E-state index contributed by atoms with van der Waals surface area (Å²) in [7, 11) is -4.96. The van der Waals surface area contributed by atoms with Gasteiger partial charge in [0.25, 0.3) is 8.32 Å². The lowest BCUT2D eigenvalue weighted by atomic mass is 9.97. The molecule has 49 heavy (non-hydrogen) atoms. The predicted octanol–water partition coefficient (Wildman–Crippen LogP) is 9.03. The molecule has 0 bridgehead atoms. The summed E-state index contributed by atoms with van der Waals surface area (Å²) < 4.78 is 33.3. The third-order valence-corrected chi connectivity index (χ3v) is 19.8. The van der Waals surface area contributed by atoms with E-state index < -0.39 is 27.8 Å². The van der Waals surface area contributed by atoms with Crippen LogP contribution in [0.4, 0.5) is 0 Å². The van der Waals surface area contributed by atoms with Gasteiger partial charge < -0.3 is 23.1 Å². The lowest BCUT2D eigenvalue weighted by Crippen LogP contribution is -2.67. The fourth-order valence-corrected chi connectivity index (χ4v) is 12.1. The lowest BCUT2D eigenvalue weighted by Gasteiger charge is -2.45. The van der Waals surface area contributed by atoms with Gasteiger partial charge in [0.2, 0.25) is 0 Å². The summed E-state index contributed by atoms with van der Waals surface area (Å²) in [6, 6.07) is 21.6. The van der Waals surface area contributed by atoms with Gasteiger partial charge in [-0.2, -0.15) is 0 Å². The molecule has 2 aromatic rings. The lowest BCUT2D eigenvalue weighted by molar-refractivity contribution is -0.157. The molecule has 1 unspecified atom stereocenters. The molecule has 1 saturated heterocycles. The van der Waals surface area contributed by atoms with E-state index in [2.05, 4.69) is 141 Å². The first-order valence-electron chi connectivity index (χ1n) is 18.1. The van der Waals surface area contributed by atoms with Crippen LogP contribution < -0.4 is 10.4 Å². The van der Waals surface area contributed by atoms with E-state index in [9.17, 15) is 4.79 Å². The van der Waals surface area contributed by atoms with Gasteiger partial charge in [-0.05, 0) is 81.0 Å². The van der Waals surface area contributed by atoms with Gasteiger partial charge in [0, 0.05) is 12.5 Å². The average molecular weight is 711 g/mol. The molecule has 2 aromatic carbocycles. The molecule has 3 rings (SSSR count). The van der Waals surface area contributed by atoms with Crippen LogP contribution in [-0.4, -0.2) is 59.4 Å². The van der Waals surface area contributed by atoms with E-state index in [4.69, 9.17) is 23.1 Å². The van der Waals surface area contributed by atoms with Gasteiger partial charge >= 0.3 is 5.97 Å². The first-order valence-corrected chi connectivity index (χ1v) is 22.9. The van der Waals surface area contributed by atoms with Crippen LogP contribution in [0, 0.1) is 11.3 Å². The Hall–Kier alpha value is -2.08. The molecule has 8 heteroatoms. The average Bonchev–Trinajstić information content (AvgIpc) is 3.30. The van der Waals surface area contributed by atoms with Crippen molar-refractivity contribution in [1.82, 2.24) is 0 Å². The normalized spacial score (nSPS) is 21.0. The Bertz CT molecular complexity index is 1330. The quantitative estimate of drug-likeness (QED) is 0.118. The van der Waals surface area contributed by atoms with Crippen molar-refractivity contribution >= 4 is 33.0 Å². The highest BCUT2D eigenvalue weighted by molar-refractivity contribution is 6.99. The summed E-state index contributed by atoms with van der Waals surface area (Å²) in [6.07, 6.45) is 3.84. The number of benzene rings is 2. The molecule has 0 radical (unpaired) electrons. The maximum atomic E-state index is 12.5. The number of carbonyl (C=O) groups excluding carboxylic acids is 1. The van der Waals surface area contributed by atoms with E-state index in [0.29, 0.717) is 6.42 Å². The van der Waals surface area contributed by atoms with E-state index in [0.717, 1.165) is 0 Å². The highest BCUT2D eigenvalue weighted by Crippen LogP contribution is 2.41. The third-order valence-electron chi connectivity index (χ3n) is 10.2. The fourth-order valence-electron chi connectivity index (χ4n) is 6.10. The molecule has 1 aliphatic rings. The summed E-state index contributed by atoms with van der Waals surface area (Å²) in [5, 5.41) is 2.41. The van der Waals surface area contributed by atoms with Crippen LogP contribution in [0.25, 0.3) is 0 Å². The zero-order chi connectivity index (χ0) is 37.1. The van der Waals surface area contributed by atoms with Crippen molar-refractivity contribution in [2.75, 3.05) is 6.61 Å².